The van der Waals surface area contributed by atoms with Crippen molar-refractivity contribution < 1.29 is 0 Å². The van der Waals surface area contributed by atoms with Crippen molar-refractivity contribution in [3.8, 4) is 55.6 Å². The Morgan fingerprint density at radius 1 is 0.286 bits per heavy atom. The predicted molar refractivity (Wildman–Crippen MR) is 238 cm³/mol. The van der Waals surface area contributed by atoms with Crippen molar-refractivity contribution >= 4 is 27.8 Å². The molecule has 0 N–H and O–H groups in total. The monoisotopic (exact) mass is 715 g/mol. The first kappa shape index (κ1) is 33.6. The van der Waals surface area contributed by atoms with Gasteiger partial charge in [-0.3, -0.25) is 0 Å². The Bertz CT molecular complexity index is 2750. The highest BCUT2D eigenvalue weighted by Gasteiger charge is 2.36. The van der Waals surface area contributed by atoms with Crippen molar-refractivity contribution in [2.24, 2.45) is 0 Å². The number of benzene rings is 9. The van der Waals surface area contributed by atoms with Crippen LogP contribution in [-0.2, 0) is 5.41 Å². The first-order valence-corrected chi connectivity index (χ1v) is 19.5. The molecule has 1 aliphatic carbocycles. The van der Waals surface area contributed by atoms with Gasteiger partial charge in [0.25, 0.3) is 0 Å². The molecular weight excluding hydrogens is 675 g/mol. The van der Waals surface area contributed by atoms with E-state index in [1.165, 1.54) is 77.5 Å². The molecule has 266 valence electrons. The summed E-state index contributed by atoms with van der Waals surface area (Å²) in [7, 11) is 0. The molecule has 9 aromatic carbocycles. The molecule has 0 unspecified atom stereocenters. The fourth-order valence-electron chi connectivity index (χ4n) is 8.58. The fraction of sp³-hybridized carbons (Fsp3) is 0.0545. The lowest BCUT2D eigenvalue weighted by molar-refractivity contribution is 0.660. The predicted octanol–water partition coefficient (Wildman–Crippen LogP) is 15.3. The number of fused-ring (bicyclic) bond motifs is 4. The molecule has 0 saturated carbocycles. The summed E-state index contributed by atoms with van der Waals surface area (Å²) in [5.74, 6) is 0. The number of anilines is 3. The normalized spacial score (nSPS) is 12.6. The van der Waals surface area contributed by atoms with Crippen LogP contribution in [0.2, 0.25) is 0 Å². The van der Waals surface area contributed by atoms with Crippen LogP contribution in [0, 0.1) is 0 Å². The molecule has 10 rings (SSSR count). The zero-order valence-corrected chi connectivity index (χ0v) is 31.7. The van der Waals surface area contributed by atoms with Gasteiger partial charge in [-0.15, -0.1) is 0 Å². The Morgan fingerprint density at radius 3 is 1.23 bits per heavy atom. The number of hydrogen-bond acceptors (Lipinski definition) is 1. The van der Waals surface area contributed by atoms with Gasteiger partial charge < -0.3 is 4.90 Å². The van der Waals surface area contributed by atoms with E-state index in [2.05, 4.69) is 231 Å². The largest absolute Gasteiger partial charge is 0.310 e. The maximum absolute atomic E-state index is 2.42. The molecule has 0 fully saturated rings. The van der Waals surface area contributed by atoms with E-state index in [1.807, 2.05) is 0 Å². The molecule has 0 aliphatic heterocycles. The third kappa shape index (κ3) is 5.99. The third-order valence-corrected chi connectivity index (χ3v) is 11.7. The van der Waals surface area contributed by atoms with Gasteiger partial charge in [0.2, 0.25) is 0 Å². The number of hydrogen-bond donors (Lipinski definition) is 0. The van der Waals surface area contributed by atoms with Crippen LogP contribution in [-0.4, -0.2) is 0 Å². The SMILES string of the molecule is CC1(C)c2cc(-c3ccc(-c4ccc5ccccc5c4)cc3)ccc2-c2ccc(N(c3ccc(-c4ccccc4)cc3)c3ccc(-c4ccccc4)cc3)cc21. The van der Waals surface area contributed by atoms with Gasteiger partial charge in [-0.1, -0.05) is 178 Å². The molecule has 0 spiro atoms. The van der Waals surface area contributed by atoms with Gasteiger partial charge >= 0.3 is 0 Å². The lowest BCUT2D eigenvalue weighted by Gasteiger charge is -2.28. The minimum absolute atomic E-state index is 0.179. The molecule has 1 heteroatoms. The van der Waals surface area contributed by atoms with Crippen molar-refractivity contribution in [2.45, 2.75) is 19.3 Å². The molecule has 56 heavy (non-hydrogen) atoms. The summed E-state index contributed by atoms with van der Waals surface area (Å²) in [6.07, 6.45) is 0. The highest BCUT2D eigenvalue weighted by Crippen LogP contribution is 2.51. The first-order chi connectivity index (χ1) is 27.5. The van der Waals surface area contributed by atoms with Crippen LogP contribution in [0.4, 0.5) is 17.1 Å². The summed E-state index contributed by atoms with van der Waals surface area (Å²) < 4.78 is 0. The molecule has 1 aliphatic rings. The summed E-state index contributed by atoms with van der Waals surface area (Å²) in [6, 6.07) is 77.5. The van der Waals surface area contributed by atoms with Gasteiger partial charge in [-0.2, -0.15) is 0 Å². The van der Waals surface area contributed by atoms with Gasteiger partial charge in [0.1, 0.15) is 0 Å². The van der Waals surface area contributed by atoms with Crippen LogP contribution in [0.15, 0.2) is 212 Å². The molecule has 0 radical (unpaired) electrons. The molecule has 0 saturated heterocycles. The van der Waals surface area contributed by atoms with E-state index >= 15 is 0 Å². The Morgan fingerprint density at radius 2 is 0.661 bits per heavy atom. The Kier molecular flexibility index (Phi) is 8.23. The second-order valence-corrected chi connectivity index (χ2v) is 15.4. The highest BCUT2D eigenvalue weighted by molar-refractivity contribution is 5.89. The average molecular weight is 716 g/mol. The summed E-state index contributed by atoms with van der Waals surface area (Å²) >= 11 is 0. The van der Waals surface area contributed by atoms with E-state index in [1.54, 1.807) is 0 Å². The van der Waals surface area contributed by atoms with Gasteiger partial charge in [-0.25, -0.2) is 0 Å². The smallest absolute Gasteiger partial charge is 0.0465 e. The average Bonchev–Trinajstić information content (AvgIpc) is 3.49. The van der Waals surface area contributed by atoms with E-state index in [4.69, 9.17) is 0 Å². The summed E-state index contributed by atoms with van der Waals surface area (Å²) in [5.41, 5.74) is 18.4. The second-order valence-electron chi connectivity index (χ2n) is 15.4. The Hall–Kier alpha value is -6.96. The lowest BCUT2D eigenvalue weighted by atomic mass is 9.81. The van der Waals surface area contributed by atoms with E-state index in [0.717, 1.165) is 17.1 Å². The maximum Gasteiger partial charge on any atom is 0.0465 e. The van der Waals surface area contributed by atoms with E-state index in [-0.39, 0.29) is 5.41 Å². The highest BCUT2D eigenvalue weighted by atomic mass is 15.1. The van der Waals surface area contributed by atoms with Crippen molar-refractivity contribution in [2.75, 3.05) is 4.90 Å². The van der Waals surface area contributed by atoms with Gasteiger partial charge in [0, 0.05) is 22.5 Å². The topological polar surface area (TPSA) is 3.24 Å². The van der Waals surface area contributed by atoms with Crippen LogP contribution < -0.4 is 4.90 Å². The van der Waals surface area contributed by atoms with Crippen LogP contribution in [0.3, 0.4) is 0 Å². The lowest BCUT2D eigenvalue weighted by Crippen LogP contribution is -2.16. The van der Waals surface area contributed by atoms with Crippen molar-refractivity contribution in [1.29, 1.82) is 0 Å². The molecule has 9 aromatic rings. The minimum atomic E-state index is -0.179. The summed E-state index contributed by atoms with van der Waals surface area (Å²) in [4.78, 5) is 2.39. The van der Waals surface area contributed by atoms with Crippen molar-refractivity contribution in [3.63, 3.8) is 0 Å². The van der Waals surface area contributed by atoms with Gasteiger partial charge in [0.05, 0.1) is 0 Å². The second kappa shape index (κ2) is 13.7. The van der Waals surface area contributed by atoms with Crippen molar-refractivity contribution in [3.05, 3.63) is 223 Å². The van der Waals surface area contributed by atoms with Gasteiger partial charge in [0.15, 0.2) is 0 Å². The Balaban J connectivity index is 0.996. The van der Waals surface area contributed by atoms with Crippen molar-refractivity contribution in [1.82, 2.24) is 0 Å². The maximum atomic E-state index is 2.42. The number of nitrogens with zero attached hydrogens (tertiary/aromatic N) is 1. The summed E-state index contributed by atoms with van der Waals surface area (Å²) in [5, 5.41) is 2.53. The zero-order valence-electron chi connectivity index (χ0n) is 31.7. The molecule has 0 aromatic heterocycles. The van der Waals surface area contributed by atoms with Crippen LogP contribution in [0.1, 0.15) is 25.0 Å². The Labute approximate surface area is 329 Å². The molecule has 1 nitrogen and oxygen atoms in total. The molecule has 0 heterocycles. The first-order valence-electron chi connectivity index (χ1n) is 19.5. The van der Waals surface area contributed by atoms with Crippen LogP contribution in [0.25, 0.3) is 66.4 Å². The standard InChI is InChI=1S/C55H41N/c1-55(2)53-36-47(44-19-17-43(18-20-44)46-22-21-40-15-9-10-16-45(40)35-46)27-33-51(53)52-34-32-50(37-54(52)55)56(48-28-23-41(24-29-48)38-11-5-3-6-12-38)49-30-25-42(26-31-49)39-13-7-4-8-14-39/h3-37H,1-2H3. The fourth-order valence-corrected chi connectivity index (χ4v) is 8.58. The quantitative estimate of drug-likeness (QED) is 0.159. The molecule has 0 bridgehead atoms. The van der Waals surface area contributed by atoms with Crippen LogP contribution >= 0.6 is 0 Å². The third-order valence-electron chi connectivity index (χ3n) is 11.7. The molecule has 0 atom stereocenters. The van der Waals surface area contributed by atoms with Gasteiger partial charge in [-0.05, 0) is 126 Å². The number of rotatable bonds is 7. The zero-order chi connectivity index (χ0) is 37.6. The molecular formula is C55H41N. The van der Waals surface area contributed by atoms with E-state index in [9.17, 15) is 0 Å². The van der Waals surface area contributed by atoms with E-state index in [0.29, 0.717) is 0 Å². The van der Waals surface area contributed by atoms with E-state index < -0.39 is 0 Å². The summed E-state index contributed by atoms with van der Waals surface area (Å²) in [6.45, 7) is 4.75. The molecule has 0 amide bonds. The van der Waals surface area contributed by atoms with Crippen LogP contribution in [0.5, 0.6) is 0 Å². The minimum Gasteiger partial charge on any atom is -0.310 e.